The van der Waals surface area contributed by atoms with Crippen molar-refractivity contribution in [2.75, 3.05) is 10.6 Å². The molecule has 1 atom stereocenters. The molecule has 9 heteroatoms. The number of hydrogen-bond donors (Lipinski definition) is 2. The van der Waals surface area contributed by atoms with Crippen molar-refractivity contribution in [1.29, 1.82) is 0 Å². The summed E-state index contributed by atoms with van der Waals surface area (Å²) in [6.45, 7) is 3.53. The summed E-state index contributed by atoms with van der Waals surface area (Å²) in [6, 6.07) is 7.98. The molecule has 2 aromatic heterocycles. The minimum Gasteiger partial charge on any atom is -0.324 e. The van der Waals surface area contributed by atoms with Crippen LogP contribution in [0.2, 0.25) is 5.02 Å². The van der Waals surface area contributed by atoms with Gasteiger partial charge < -0.3 is 10.6 Å². The van der Waals surface area contributed by atoms with Crippen molar-refractivity contribution in [2.45, 2.75) is 19.9 Å². The number of rotatable bonds is 5. The van der Waals surface area contributed by atoms with Crippen LogP contribution in [0.5, 0.6) is 0 Å². The quantitative estimate of drug-likeness (QED) is 0.704. The Kier molecular flexibility index (Phi) is 5.27. The molecule has 0 aliphatic rings. The van der Waals surface area contributed by atoms with E-state index in [0.717, 1.165) is 5.69 Å². The number of aromatic nitrogens is 4. The second-order valence-corrected chi connectivity index (χ2v) is 6.50. The molecule has 0 spiro atoms. The van der Waals surface area contributed by atoms with E-state index < -0.39 is 6.04 Å². The number of aryl methyl sites for hydroxylation is 1. The van der Waals surface area contributed by atoms with Gasteiger partial charge in [-0.15, -0.1) is 0 Å². The van der Waals surface area contributed by atoms with E-state index in [1.165, 1.54) is 6.20 Å². The molecule has 0 saturated heterocycles. The number of hydrogen-bond acceptors (Lipinski definition) is 4. The number of anilines is 2. The lowest BCUT2D eigenvalue weighted by Crippen LogP contribution is -2.25. The summed E-state index contributed by atoms with van der Waals surface area (Å²) >= 11 is 6.00. The van der Waals surface area contributed by atoms with Gasteiger partial charge in [0.2, 0.25) is 5.91 Å². The number of carbonyl (C=O) groups is 2. The lowest BCUT2D eigenvalue weighted by molar-refractivity contribution is -0.119. The maximum absolute atomic E-state index is 12.5. The first-order valence-corrected chi connectivity index (χ1v) is 8.64. The fourth-order valence-electron chi connectivity index (χ4n) is 2.56. The van der Waals surface area contributed by atoms with Crippen LogP contribution in [0, 0.1) is 6.92 Å². The van der Waals surface area contributed by atoms with Gasteiger partial charge >= 0.3 is 0 Å². The van der Waals surface area contributed by atoms with Crippen LogP contribution >= 0.6 is 11.6 Å². The Labute approximate surface area is 161 Å². The predicted octanol–water partition coefficient (Wildman–Crippen LogP) is 3.03. The number of amides is 2. The van der Waals surface area contributed by atoms with Crippen LogP contribution in [0.4, 0.5) is 11.4 Å². The second-order valence-electron chi connectivity index (χ2n) is 6.10. The fourth-order valence-corrected chi connectivity index (χ4v) is 2.69. The molecule has 3 rings (SSSR count). The first kappa shape index (κ1) is 18.7. The summed E-state index contributed by atoms with van der Waals surface area (Å²) in [5, 5.41) is 14.3. The number of nitrogens with one attached hydrogen (secondary N) is 2. The Morgan fingerprint density at radius 2 is 1.89 bits per heavy atom. The number of halogens is 1. The van der Waals surface area contributed by atoms with Crippen molar-refractivity contribution in [3.8, 4) is 0 Å². The molecule has 2 heterocycles. The zero-order valence-corrected chi connectivity index (χ0v) is 15.9. The summed E-state index contributed by atoms with van der Waals surface area (Å²) in [4.78, 5) is 24.7. The van der Waals surface area contributed by atoms with Crippen LogP contribution in [0.1, 0.15) is 29.1 Å². The van der Waals surface area contributed by atoms with Gasteiger partial charge in [0.15, 0.2) is 5.69 Å². The molecule has 0 aliphatic carbocycles. The van der Waals surface area contributed by atoms with Crippen LogP contribution in [0.3, 0.4) is 0 Å². The van der Waals surface area contributed by atoms with Crippen LogP contribution in [0.15, 0.2) is 42.7 Å². The Hall–Kier alpha value is -3.13. The summed E-state index contributed by atoms with van der Waals surface area (Å²) < 4.78 is 3.11. The van der Waals surface area contributed by atoms with Gasteiger partial charge in [0.1, 0.15) is 6.04 Å². The second kappa shape index (κ2) is 7.63. The van der Waals surface area contributed by atoms with E-state index in [9.17, 15) is 9.59 Å². The SMILES string of the molecule is Cc1c(Cl)cnn1C(C)C(=O)Nc1cccc(NC(=O)c2ccn(C)n2)c1. The van der Waals surface area contributed by atoms with E-state index in [0.29, 0.717) is 22.1 Å². The molecule has 0 aliphatic heterocycles. The van der Waals surface area contributed by atoms with E-state index in [1.54, 1.807) is 66.8 Å². The van der Waals surface area contributed by atoms with Crippen molar-refractivity contribution in [3.05, 3.63) is 59.1 Å². The van der Waals surface area contributed by atoms with Gasteiger partial charge in [-0.3, -0.25) is 19.0 Å². The highest BCUT2D eigenvalue weighted by atomic mass is 35.5. The number of benzene rings is 1. The van der Waals surface area contributed by atoms with Gasteiger partial charge in [0.25, 0.3) is 5.91 Å². The largest absolute Gasteiger partial charge is 0.324 e. The molecule has 140 valence electrons. The summed E-state index contributed by atoms with van der Waals surface area (Å²) in [5.74, 6) is -0.569. The van der Waals surface area contributed by atoms with E-state index in [1.807, 2.05) is 0 Å². The molecular weight excluding hydrogens is 368 g/mol. The van der Waals surface area contributed by atoms with Crippen LogP contribution in [0.25, 0.3) is 0 Å². The molecule has 0 fully saturated rings. The zero-order valence-electron chi connectivity index (χ0n) is 15.1. The molecule has 8 nitrogen and oxygen atoms in total. The normalized spacial score (nSPS) is 11.9. The van der Waals surface area contributed by atoms with Gasteiger partial charge in [-0.25, -0.2) is 0 Å². The smallest absolute Gasteiger partial charge is 0.276 e. The molecular formula is C18H19ClN6O2. The van der Waals surface area contributed by atoms with Crippen LogP contribution in [-0.2, 0) is 11.8 Å². The van der Waals surface area contributed by atoms with Crippen molar-refractivity contribution >= 4 is 34.8 Å². The minimum absolute atomic E-state index is 0.244. The van der Waals surface area contributed by atoms with E-state index in [-0.39, 0.29) is 11.8 Å². The number of nitrogens with zero attached hydrogens (tertiary/aromatic N) is 4. The average molecular weight is 387 g/mol. The summed E-state index contributed by atoms with van der Waals surface area (Å²) in [5.41, 5.74) is 2.14. The first-order chi connectivity index (χ1) is 12.8. The highest BCUT2D eigenvalue weighted by Gasteiger charge is 2.19. The van der Waals surface area contributed by atoms with Crippen molar-refractivity contribution in [1.82, 2.24) is 19.6 Å². The van der Waals surface area contributed by atoms with Gasteiger partial charge in [0, 0.05) is 24.6 Å². The molecule has 27 heavy (non-hydrogen) atoms. The van der Waals surface area contributed by atoms with Crippen molar-refractivity contribution in [2.24, 2.45) is 7.05 Å². The Morgan fingerprint density at radius 1 is 1.19 bits per heavy atom. The molecule has 0 radical (unpaired) electrons. The Morgan fingerprint density at radius 3 is 2.48 bits per heavy atom. The highest BCUT2D eigenvalue weighted by Crippen LogP contribution is 2.20. The van der Waals surface area contributed by atoms with Crippen molar-refractivity contribution < 1.29 is 9.59 Å². The Balaban J connectivity index is 1.69. The lowest BCUT2D eigenvalue weighted by atomic mass is 10.2. The van der Waals surface area contributed by atoms with Gasteiger partial charge in [-0.2, -0.15) is 10.2 Å². The van der Waals surface area contributed by atoms with E-state index in [2.05, 4.69) is 20.8 Å². The van der Waals surface area contributed by atoms with Gasteiger partial charge in [0.05, 0.1) is 16.9 Å². The molecule has 3 aromatic rings. The molecule has 2 N–H and O–H groups in total. The molecule has 0 bridgehead atoms. The lowest BCUT2D eigenvalue weighted by Gasteiger charge is -2.15. The van der Waals surface area contributed by atoms with E-state index >= 15 is 0 Å². The molecule has 0 saturated carbocycles. The third-order valence-electron chi connectivity index (χ3n) is 4.07. The molecule has 2 amide bonds. The zero-order chi connectivity index (χ0) is 19.6. The van der Waals surface area contributed by atoms with Gasteiger partial charge in [-0.05, 0) is 38.1 Å². The highest BCUT2D eigenvalue weighted by molar-refractivity contribution is 6.31. The standard InChI is InChI=1S/C18H19ClN6O2/c1-11-15(19)10-20-25(11)12(2)17(26)21-13-5-4-6-14(9-13)22-18(27)16-7-8-24(3)23-16/h4-10,12H,1-3H3,(H,21,26)(H,22,27). The topological polar surface area (TPSA) is 93.8 Å². The fraction of sp³-hybridized carbons (Fsp3) is 0.222. The molecule has 1 aromatic carbocycles. The van der Waals surface area contributed by atoms with E-state index in [4.69, 9.17) is 11.6 Å². The minimum atomic E-state index is -0.538. The average Bonchev–Trinajstić information content (AvgIpc) is 3.21. The number of carbonyl (C=O) groups excluding carboxylic acids is 2. The molecule has 1 unspecified atom stereocenters. The monoisotopic (exact) mass is 386 g/mol. The summed E-state index contributed by atoms with van der Waals surface area (Å²) in [7, 11) is 1.74. The predicted molar refractivity (Wildman–Crippen MR) is 103 cm³/mol. The van der Waals surface area contributed by atoms with Crippen LogP contribution < -0.4 is 10.6 Å². The third-order valence-corrected chi connectivity index (χ3v) is 4.44. The van der Waals surface area contributed by atoms with Crippen molar-refractivity contribution in [3.63, 3.8) is 0 Å². The Bertz CT molecular complexity index is 993. The first-order valence-electron chi connectivity index (χ1n) is 8.26. The maximum atomic E-state index is 12.5. The third kappa shape index (κ3) is 4.17. The van der Waals surface area contributed by atoms with Gasteiger partial charge in [-0.1, -0.05) is 17.7 Å². The van der Waals surface area contributed by atoms with Crippen LogP contribution in [-0.4, -0.2) is 31.4 Å². The maximum Gasteiger partial charge on any atom is 0.276 e. The summed E-state index contributed by atoms with van der Waals surface area (Å²) in [6.07, 6.45) is 3.20.